The van der Waals surface area contributed by atoms with E-state index in [1.807, 2.05) is 13.8 Å². The molecule has 0 fully saturated rings. The Morgan fingerprint density at radius 1 is 1.35 bits per heavy atom. The van der Waals surface area contributed by atoms with Crippen molar-refractivity contribution in [2.75, 3.05) is 11.9 Å². The van der Waals surface area contributed by atoms with Crippen LogP contribution < -0.4 is 10.6 Å². The van der Waals surface area contributed by atoms with E-state index in [4.69, 9.17) is 11.6 Å². The SMILES string of the molecule is CC(C)CCNC(=O)Nc1ccc(Cl)c(C(F)(F)F)c1. The van der Waals surface area contributed by atoms with E-state index >= 15 is 0 Å². The lowest BCUT2D eigenvalue weighted by atomic mass is 10.1. The molecule has 0 atom stereocenters. The number of urea groups is 1. The zero-order chi connectivity index (χ0) is 15.3. The van der Waals surface area contributed by atoms with E-state index < -0.39 is 22.8 Å². The van der Waals surface area contributed by atoms with Gasteiger partial charge in [-0.3, -0.25) is 0 Å². The quantitative estimate of drug-likeness (QED) is 0.843. The molecule has 0 spiro atoms. The van der Waals surface area contributed by atoms with Crippen molar-refractivity contribution in [1.29, 1.82) is 0 Å². The molecule has 0 bridgehead atoms. The highest BCUT2D eigenvalue weighted by Gasteiger charge is 2.33. The molecular weight excluding hydrogens is 293 g/mol. The minimum atomic E-state index is -4.55. The summed E-state index contributed by atoms with van der Waals surface area (Å²) in [6.45, 7) is 4.48. The number of halogens is 4. The Morgan fingerprint density at radius 2 is 2.00 bits per heavy atom. The third-order valence-electron chi connectivity index (χ3n) is 2.54. The highest BCUT2D eigenvalue weighted by atomic mass is 35.5. The summed E-state index contributed by atoms with van der Waals surface area (Å²) in [5.41, 5.74) is -0.928. The number of rotatable bonds is 4. The summed E-state index contributed by atoms with van der Waals surface area (Å²) >= 11 is 5.49. The third kappa shape index (κ3) is 5.28. The van der Waals surface area contributed by atoms with Gasteiger partial charge < -0.3 is 10.6 Å². The van der Waals surface area contributed by atoms with Crippen LogP contribution >= 0.6 is 11.6 Å². The second-order valence-corrected chi connectivity index (χ2v) is 5.16. The lowest BCUT2D eigenvalue weighted by Gasteiger charge is -2.12. The van der Waals surface area contributed by atoms with Gasteiger partial charge in [-0.15, -0.1) is 0 Å². The highest BCUT2D eigenvalue weighted by Crippen LogP contribution is 2.36. The molecule has 20 heavy (non-hydrogen) atoms. The van der Waals surface area contributed by atoms with Gasteiger partial charge in [0.05, 0.1) is 10.6 Å². The van der Waals surface area contributed by atoms with E-state index in [1.54, 1.807) is 0 Å². The topological polar surface area (TPSA) is 41.1 Å². The molecule has 0 heterocycles. The Labute approximate surface area is 120 Å². The molecule has 0 unspecified atom stereocenters. The lowest BCUT2D eigenvalue weighted by molar-refractivity contribution is -0.137. The van der Waals surface area contributed by atoms with E-state index in [9.17, 15) is 18.0 Å². The van der Waals surface area contributed by atoms with Gasteiger partial charge in [0.2, 0.25) is 0 Å². The van der Waals surface area contributed by atoms with Crippen molar-refractivity contribution in [3.63, 3.8) is 0 Å². The smallest absolute Gasteiger partial charge is 0.338 e. The van der Waals surface area contributed by atoms with Gasteiger partial charge in [-0.2, -0.15) is 13.2 Å². The number of benzene rings is 1. The number of alkyl halides is 3. The van der Waals surface area contributed by atoms with Gasteiger partial charge in [-0.1, -0.05) is 25.4 Å². The average Bonchev–Trinajstić information content (AvgIpc) is 2.29. The van der Waals surface area contributed by atoms with Crippen molar-refractivity contribution >= 4 is 23.3 Å². The van der Waals surface area contributed by atoms with E-state index in [-0.39, 0.29) is 5.69 Å². The molecule has 0 radical (unpaired) electrons. The summed E-state index contributed by atoms with van der Waals surface area (Å²) < 4.78 is 37.9. The summed E-state index contributed by atoms with van der Waals surface area (Å²) in [5.74, 6) is 0.433. The Morgan fingerprint density at radius 3 is 2.55 bits per heavy atom. The largest absolute Gasteiger partial charge is 0.417 e. The van der Waals surface area contributed by atoms with Gasteiger partial charge in [0, 0.05) is 12.2 Å². The molecule has 112 valence electrons. The van der Waals surface area contributed by atoms with Gasteiger partial charge >= 0.3 is 12.2 Å². The van der Waals surface area contributed by atoms with Crippen LogP contribution in [0, 0.1) is 5.92 Å². The Bertz CT molecular complexity index is 475. The van der Waals surface area contributed by atoms with Crippen molar-refractivity contribution < 1.29 is 18.0 Å². The first kappa shape index (κ1) is 16.6. The van der Waals surface area contributed by atoms with Crippen LogP contribution in [0.4, 0.5) is 23.7 Å². The monoisotopic (exact) mass is 308 g/mol. The van der Waals surface area contributed by atoms with Crippen LogP contribution in [0.25, 0.3) is 0 Å². The van der Waals surface area contributed by atoms with Crippen LogP contribution in [0.1, 0.15) is 25.8 Å². The first-order valence-electron chi connectivity index (χ1n) is 6.11. The fraction of sp³-hybridized carbons (Fsp3) is 0.462. The molecule has 1 aromatic carbocycles. The number of anilines is 1. The Kier molecular flexibility index (Phi) is 5.68. The second kappa shape index (κ2) is 6.83. The minimum absolute atomic E-state index is 0.0452. The van der Waals surface area contributed by atoms with Crippen molar-refractivity contribution in [1.82, 2.24) is 5.32 Å². The van der Waals surface area contributed by atoms with E-state index in [0.29, 0.717) is 12.5 Å². The summed E-state index contributed by atoms with van der Waals surface area (Å²) in [7, 11) is 0. The molecule has 2 N–H and O–H groups in total. The maximum Gasteiger partial charge on any atom is 0.417 e. The number of hydrogen-bond donors (Lipinski definition) is 2. The number of carbonyl (C=O) groups excluding carboxylic acids is 1. The third-order valence-corrected chi connectivity index (χ3v) is 2.87. The standard InChI is InChI=1S/C13H16ClF3N2O/c1-8(2)5-6-18-12(20)19-9-3-4-11(14)10(7-9)13(15,16)17/h3-4,7-8H,5-6H2,1-2H3,(H2,18,19,20). The van der Waals surface area contributed by atoms with Gasteiger partial charge in [0.25, 0.3) is 0 Å². The van der Waals surface area contributed by atoms with Crippen LogP contribution in [0.3, 0.4) is 0 Å². The Hall–Kier alpha value is -1.43. The highest BCUT2D eigenvalue weighted by molar-refractivity contribution is 6.31. The molecule has 0 aliphatic rings. The van der Waals surface area contributed by atoms with E-state index in [2.05, 4.69) is 10.6 Å². The van der Waals surface area contributed by atoms with Crippen LogP contribution in [0.5, 0.6) is 0 Å². The van der Waals surface area contributed by atoms with Crippen LogP contribution in [0.15, 0.2) is 18.2 Å². The predicted molar refractivity (Wildman–Crippen MR) is 72.9 cm³/mol. The molecule has 7 heteroatoms. The average molecular weight is 309 g/mol. The van der Waals surface area contributed by atoms with Crippen molar-refractivity contribution in [2.45, 2.75) is 26.4 Å². The molecule has 0 aliphatic carbocycles. The summed E-state index contributed by atoms with van der Waals surface area (Å²) in [6.07, 6.45) is -3.76. The molecule has 0 aromatic heterocycles. The fourth-order valence-electron chi connectivity index (χ4n) is 1.47. The minimum Gasteiger partial charge on any atom is -0.338 e. The van der Waals surface area contributed by atoms with Crippen LogP contribution in [0.2, 0.25) is 5.02 Å². The van der Waals surface area contributed by atoms with Gasteiger partial charge in [-0.05, 0) is 30.5 Å². The Balaban J connectivity index is 2.67. The molecule has 1 aromatic rings. The molecule has 0 saturated heterocycles. The molecule has 0 saturated carbocycles. The van der Waals surface area contributed by atoms with Gasteiger partial charge in [0.15, 0.2) is 0 Å². The molecule has 1 rings (SSSR count). The van der Waals surface area contributed by atoms with Crippen molar-refractivity contribution in [3.8, 4) is 0 Å². The number of nitrogens with one attached hydrogen (secondary N) is 2. The van der Waals surface area contributed by atoms with Crippen LogP contribution in [-0.2, 0) is 6.18 Å². The van der Waals surface area contributed by atoms with E-state index in [1.165, 1.54) is 6.07 Å². The normalized spacial score (nSPS) is 11.6. The predicted octanol–water partition coefficient (Wildman–Crippen LogP) is 4.53. The lowest BCUT2D eigenvalue weighted by Crippen LogP contribution is -2.30. The summed E-state index contributed by atoms with van der Waals surface area (Å²) in [6, 6.07) is 2.69. The van der Waals surface area contributed by atoms with E-state index in [0.717, 1.165) is 18.6 Å². The second-order valence-electron chi connectivity index (χ2n) is 4.76. The van der Waals surface area contributed by atoms with Gasteiger partial charge in [-0.25, -0.2) is 4.79 Å². The molecular formula is C13H16ClF3N2O. The zero-order valence-corrected chi connectivity index (χ0v) is 11.9. The first-order valence-corrected chi connectivity index (χ1v) is 6.49. The number of amides is 2. The first-order chi connectivity index (χ1) is 9.20. The van der Waals surface area contributed by atoms with Crippen LogP contribution in [-0.4, -0.2) is 12.6 Å². The summed E-state index contributed by atoms with van der Waals surface area (Å²) in [4.78, 5) is 11.5. The van der Waals surface area contributed by atoms with Crippen molar-refractivity contribution in [3.05, 3.63) is 28.8 Å². The fourth-order valence-corrected chi connectivity index (χ4v) is 1.69. The molecule has 0 aliphatic heterocycles. The summed E-state index contributed by atoms with van der Waals surface area (Å²) in [5, 5.41) is 4.52. The number of carbonyl (C=O) groups is 1. The van der Waals surface area contributed by atoms with Crippen molar-refractivity contribution in [2.24, 2.45) is 5.92 Å². The van der Waals surface area contributed by atoms with Gasteiger partial charge in [0.1, 0.15) is 0 Å². The maximum atomic E-state index is 12.6. The zero-order valence-electron chi connectivity index (χ0n) is 11.1. The number of hydrogen-bond acceptors (Lipinski definition) is 1. The molecule has 2 amide bonds. The maximum absolute atomic E-state index is 12.6. The molecule has 3 nitrogen and oxygen atoms in total.